The maximum Gasteiger partial charge on any atom is 0.265 e. The summed E-state index contributed by atoms with van der Waals surface area (Å²) in [6.45, 7) is 1.41. The minimum absolute atomic E-state index is 0.125. The van der Waals surface area contributed by atoms with Crippen molar-refractivity contribution < 1.29 is 18.7 Å². The molecule has 1 atom stereocenters. The van der Waals surface area contributed by atoms with Crippen molar-refractivity contribution in [1.29, 1.82) is 0 Å². The van der Waals surface area contributed by atoms with Crippen LogP contribution in [0.3, 0.4) is 0 Å². The van der Waals surface area contributed by atoms with Crippen molar-refractivity contribution in [1.82, 2.24) is 5.32 Å². The average Bonchev–Trinajstić information content (AvgIpc) is 2.57. The Bertz CT molecular complexity index is 828. The monoisotopic (exact) mass is 406 g/mol. The molecule has 0 fully saturated rings. The van der Waals surface area contributed by atoms with Crippen molar-refractivity contribution in [2.75, 3.05) is 18.1 Å². The number of rotatable bonds is 4. The molecule has 0 saturated carbocycles. The number of carbonyl (C=O) groups excluding carboxylic acids is 2. The van der Waals surface area contributed by atoms with Gasteiger partial charge in [-0.25, -0.2) is 4.39 Å². The molecule has 0 spiro atoms. The molecule has 1 unspecified atom stereocenters. The minimum atomic E-state index is -0.505. The molecule has 130 valence electrons. The van der Waals surface area contributed by atoms with E-state index in [2.05, 4.69) is 21.2 Å². The van der Waals surface area contributed by atoms with Gasteiger partial charge in [-0.3, -0.25) is 14.5 Å². The molecule has 1 aliphatic rings. The number of halogens is 2. The van der Waals surface area contributed by atoms with Crippen molar-refractivity contribution in [3.63, 3.8) is 0 Å². The molecule has 2 aromatic carbocycles. The fourth-order valence-electron chi connectivity index (χ4n) is 2.69. The van der Waals surface area contributed by atoms with E-state index < -0.39 is 6.04 Å². The van der Waals surface area contributed by atoms with Crippen molar-refractivity contribution in [2.24, 2.45) is 0 Å². The normalized spacial score (nSPS) is 14.5. The molecule has 2 amide bonds. The first kappa shape index (κ1) is 17.4. The van der Waals surface area contributed by atoms with Crippen molar-refractivity contribution >= 4 is 33.4 Å². The van der Waals surface area contributed by atoms with Gasteiger partial charge in [0.25, 0.3) is 5.91 Å². The quantitative estimate of drug-likeness (QED) is 0.847. The van der Waals surface area contributed by atoms with Gasteiger partial charge < -0.3 is 10.1 Å². The smallest absolute Gasteiger partial charge is 0.265 e. The summed E-state index contributed by atoms with van der Waals surface area (Å²) in [7, 11) is 0. The third-order valence-corrected chi connectivity index (χ3v) is 4.41. The molecule has 0 aliphatic carbocycles. The number of benzene rings is 2. The highest BCUT2D eigenvalue weighted by Crippen LogP contribution is 2.34. The molecule has 25 heavy (non-hydrogen) atoms. The molecule has 5 nitrogen and oxygen atoms in total. The Morgan fingerprint density at radius 1 is 1.36 bits per heavy atom. The van der Waals surface area contributed by atoms with Gasteiger partial charge in [0.05, 0.1) is 11.7 Å². The van der Waals surface area contributed by atoms with Crippen LogP contribution >= 0.6 is 15.9 Å². The number of hydrogen-bond acceptors (Lipinski definition) is 3. The molecular weight excluding hydrogens is 391 g/mol. The first-order valence-corrected chi connectivity index (χ1v) is 8.51. The number of amides is 2. The third-order valence-electron chi connectivity index (χ3n) is 3.92. The number of hydrogen-bond donors (Lipinski definition) is 1. The van der Waals surface area contributed by atoms with Crippen LogP contribution in [0, 0.1) is 5.82 Å². The zero-order chi connectivity index (χ0) is 18.0. The maximum absolute atomic E-state index is 13.8. The molecule has 1 heterocycles. The van der Waals surface area contributed by atoms with Crippen LogP contribution in [-0.2, 0) is 9.59 Å². The molecule has 1 aliphatic heterocycles. The van der Waals surface area contributed by atoms with Gasteiger partial charge in [-0.2, -0.15) is 0 Å². The summed E-state index contributed by atoms with van der Waals surface area (Å²) in [5, 5.41) is 2.72. The van der Waals surface area contributed by atoms with Gasteiger partial charge >= 0.3 is 0 Å². The van der Waals surface area contributed by atoms with Gasteiger partial charge in [0.15, 0.2) is 6.61 Å². The molecular formula is C18H16BrFN2O3. The highest BCUT2D eigenvalue weighted by Gasteiger charge is 2.28. The predicted octanol–water partition coefficient (Wildman–Crippen LogP) is 3.19. The van der Waals surface area contributed by atoms with Crippen LogP contribution in [0.4, 0.5) is 10.1 Å². The van der Waals surface area contributed by atoms with E-state index in [-0.39, 0.29) is 30.8 Å². The lowest BCUT2D eigenvalue weighted by molar-refractivity contribution is -0.125. The Kier molecular flexibility index (Phi) is 5.03. The molecule has 0 aromatic heterocycles. The van der Waals surface area contributed by atoms with E-state index in [1.807, 2.05) is 0 Å². The zero-order valence-corrected chi connectivity index (χ0v) is 15.0. The molecule has 1 N–H and O–H groups in total. The topological polar surface area (TPSA) is 58.6 Å². The van der Waals surface area contributed by atoms with Gasteiger partial charge in [-0.15, -0.1) is 0 Å². The Hall–Kier alpha value is -2.41. The second-order valence-electron chi connectivity index (χ2n) is 5.69. The van der Waals surface area contributed by atoms with Crippen molar-refractivity contribution in [3.8, 4) is 5.75 Å². The summed E-state index contributed by atoms with van der Waals surface area (Å²) < 4.78 is 20.0. The minimum Gasteiger partial charge on any atom is -0.482 e. The number of carbonyl (C=O) groups is 2. The van der Waals surface area contributed by atoms with E-state index in [0.29, 0.717) is 17.0 Å². The van der Waals surface area contributed by atoms with Gasteiger partial charge in [0.1, 0.15) is 18.1 Å². The highest BCUT2D eigenvalue weighted by atomic mass is 79.9. The van der Waals surface area contributed by atoms with Gasteiger partial charge in [-0.05, 0) is 31.2 Å². The SMILES string of the molecule is CC(NC(=O)CN1C(=O)COc2cc(Br)ccc21)c1ccccc1F. The first-order valence-electron chi connectivity index (χ1n) is 7.72. The lowest BCUT2D eigenvalue weighted by Crippen LogP contribution is -2.45. The second-order valence-corrected chi connectivity index (χ2v) is 6.61. The zero-order valence-electron chi connectivity index (χ0n) is 13.5. The van der Waals surface area contributed by atoms with E-state index in [0.717, 1.165) is 4.47 Å². The molecule has 0 bridgehead atoms. The van der Waals surface area contributed by atoms with Crippen molar-refractivity contribution in [2.45, 2.75) is 13.0 Å². The Labute approximate surface area is 152 Å². The third kappa shape index (κ3) is 3.82. The van der Waals surface area contributed by atoms with Crippen LogP contribution in [-0.4, -0.2) is 25.0 Å². The summed E-state index contributed by atoms with van der Waals surface area (Å²) in [4.78, 5) is 25.9. The van der Waals surface area contributed by atoms with Crippen molar-refractivity contribution in [3.05, 3.63) is 58.3 Å². The lowest BCUT2D eigenvalue weighted by atomic mass is 10.1. The number of nitrogens with zero attached hydrogens (tertiary/aromatic N) is 1. The average molecular weight is 407 g/mol. The molecule has 0 saturated heterocycles. The Morgan fingerprint density at radius 3 is 2.88 bits per heavy atom. The van der Waals surface area contributed by atoms with Gasteiger partial charge in [0, 0.05) is 10.0 Å². The van der Waals surface area contributed by atoms with Crippen LogP contribution in [0.25, 0.3) is 0 Å². The summed E-state index contributed by atoms with van der Waals surface area (Å²) >= 11 is 3.34. The van der Waals surface area contributed by atoms with Crippen LogP contribution in [0.5, 0.6) is 5.75 Å². The molecule has 2 aromatic rings. The number of fused-ring (bicyclic) bond motifs is 1. The van der Waals surface area contributed by atoms with E-state index in [9.17, 15) is 14.0 Å². The fourth-order valence-corrected chi connectivity index (χ4v) is 3.03. The van der Waals surface area contributed by atoms with Crippen LogP contribution in [0.1, 0.15) is 18.5 Å². The van der Waals surface area contributed by atoms with E-state index >= 15 is 0 Å². The summed E-state index contributed by atoms with van der Waals surface area (Å²) in [5.41, 5.74) is 0.932. The maximum atomic E-state index is 13.8. The Balaban J connectivity index is 1.73. The van der Waals surface area contributed by atoms with Crippen LogP contribution in [0.15, 0.2) is 46.9 Å². The summed E-state index contributed by atoms with van der Waals surface area (Å²) in [5.74, 6) is -0.528. The Morgan fingerprint density at radius 2 is 2.12 bits per heavy atom. The predicted molar refractivity (Wildman–Crippen MR) is 94.9 cm³/mol. The molecule has 3 rings (SSSR count). The van der Waals surface area contributed by atoms with E-state index in [1.54, 1.807) is 43.3 Å². The number of anilines is 1. The largest absolute Gasteiger partial charge is 0.482 e. The van der Waals surface area contributed by atoms with Gasteiger partial charge in [-0.1, -0.05) is 34.1 Å². The van der Waals surface area contributed by atoms with Crippen LogP contribution < -0.4 is 15.0 Å². The summed E-state index contributed by atoms with van der Waals surface area (Å²) in [6, 6.07) is 11.0. The first-order chi connectivity index (χ1) is 12.0. The lowest BCUT2D eigenvalue weighted by Gasteiger charge is -2.29. The van der Waals surface area contributed by atoms with Gasteiger partial charge in [0.2, 0.25) is 5.91 Å². The van der Waals surface area contributed by atoms with Crippen LogP contribution in [0.2, 0.25) is 0 Å². The highest BCUT2D eigenvalue weighted by molar-refractivity contribution is 9.10. The van der Waals surface area contributed by atoms with E-state index in [1.165, 1.54) is 11.0 Å². The fraction of sp³-hybridized carbons (Fsp3) is 0.222. The standard InChI is InChI=1S/C18H16BrFN2O3/c1-11(13-4-2-3-5-14(13)20)21-17(23)9-22-15-7-6-12(19)8-16(15)25-10-18(22)24/h2-8,11H,9-10H2,1H3,(H,21,23). The van der Waals surface area contributed by atoms with E-state index in [4.69, 9.17) is 4.74 Å². The number of ether oxygens (including phenoxy) is 1. The number of nitrogens with one attached hydrogen (secondary N) is 1. The summed E-state index contributed by atoms with van der Waals surface area (Å²) in [6.07, 6.45) is 0. The molecule has 7 heteroatoms. The molecule has 0 radical (unpaired) electrons. The second kappa shape index (κ2) is 7.23.